The number of para-hydroxylation sites is 1. The van der Waals surface area contributed by atoms with Gasteiger partial charge in [0.1, 0.15) is 5.75 Å². The lowest BCUT2D eigenvalue weighted by Crippen LogP contribution is -2.22. The number of carbonyl (C=O) groups excluding carboxylic acids is 1. The molecule has 18 heavy (non-hydrogen) atoms. The second kappa shape index (κ2) is 6.00. The molecule has 0 saturated heterocycles. The Balaban J connectivity index is 3.03. The molecule has 0 spiro atoms. The Kier molecular flexibility index (Phi) is 4.65. The molecule has 0 radical (unpaired) electrons. The molecule has 0 aliphatic carbocycles. The standard InChI is InChI=1S/C12H16N2O4/c1-3-8(4-2)12(16)13-11-9(14(17)18)6-5-7-10(11)15/h5-8,15H,3-4H2,1-2H3,(H,13,16). The molecule has 0 aliphatic rings. The molecule has 0 fully saturated rings. The topological polar surface area (TPSA) is 92.5 Å². The van der Waals surface area contributed by atoms with E-state index < -0.39 is 4.92 Å². The zero-order valence-electron chi connectivity index (χ0n) is 10.3. The molecule has 1 aromatic rings. The maximum atomic E-state index is 11.9. The monoisotopic (exact) mass is 252 g/mol. The number of carbonyl (C=O) groups is 1. The van der Waals surface area contributed by atoms with E-state index in [4.69, 9.17) is 0 Å². The van der Waals surface area contributed by atoms with Crippen LogP contribution < -0.4 is 5.32 Å². The number of phenolic OH excluding ortho intramolecular Hbond substituents is 1. The second-order valence-corrected chi connectivity index (χ2v) is 3.93. The molecular weight excluding hydrogens is 236 g/mol. The average molecular weight is 252 g/mol. The van der Waals surface area contributed by atoms with Gasteiger partial charge in [0.2, 0.25) is 5.91 Å². The van der Waals surface area contributed by atoms with E-state index in [1.165, 1.54) is 18.2 Å². The minimum Gasteiger partial charge on any atom is -0.505 e. The quantitative estimate of drug-likeness (QED) is 0.478. The van der Waals surface area contributed by atoms with E-state index in [2.05, 4.69) is 5.32 Å². The molecule has 6 nitrogen and oxygen atoms in total. The van der Waals surface area contributed by atoms with Crippen molar-refractivity contribution in [3.05, 3.63) is 28.3 Å². The first-order valence-corrected chi connectivity index (χ1v) is 5.78. The molecule has 0 unspecified atom stereocenters. The highest BCUT2D eigenvalue weighted by Crippen LogP contribution is 2.33. The summed E-state index contributed by atoms with van der Waals surface area (Å²) in [6.07, 6.45) is 1.29. The number of nitrogens with zero attached hydrogens (tertiary/aromatic N) is 1. The van der Waals surface area contributed by atoms with E-state index in [-0.39, 0.29) is 28.9 Å². The summed E-state index contributed by atoms with van der Waals surface area (Å²) in [6.45, 7) is 3.74. The fourth-order valence-electron chi connectivity index (χ4n) is 1.69. The number of benzene rings is 1. The Labute approximate surface area is 105 Å². The van der Waals surface area contributed by atoms with Gasteiger partial charge in [0, 0.05) is 12.0 Å². The first-order valence-electron chi connectivity index (χ1n) is 5.78. The van der Waals surface area contributed by atoms with Gasteiger partial charge in [0.15, 0.2) is 5.69 Å². The Morgan fingerprint density at radius 3 is 2.56 bits per heavy atom. The van der Waals surface area contributed by atoms with Crippen molar-refractivity contribution in [3.8, 4) is 5.75 Å². The number of hydrogen-bond donors (Lipinski definition) is 2. The van der Waals surface area contributed by atoms with Gasteiger partial charge < -0.3 is 10.4 Å². The van der Waals surface area contributed by atoms with E-state index >= 15 is 0 Å². The lowest BCUT2D eigenvalue weighted by molar-refractivity contribution is -0.384. The number of aromatic hydroxyl groups is 1. The Bertz CT molecular complexity index is 455. The Morgan fingerprint density at radius 2 is 2.06 bits per heavy atom. The number of amides is 1. The maximum Gasteiger partial charge on any atom is 0.296 e. The number of anilines is 1. The van der Waals surface area contributed by atoms with Crippen LogP contribution in [-0.4, -0.2) is 15.9 Å². The molecule has 98 valence electrons. The highest BCUT2D eigenvalue weighted by atomic mass is 16.6. The molecule has 1 aromatic carbocycles. The molecule has 0 bridgehead atoms. The Morgan fingerprint density at radius 1 is 1.44 bits per heavy atom. The number of phenols is 1. The summed E-state index contributed by atoms with van der Waals surface area (Å²) in [6, 6.07) is 3.90. The first-order chi connectivity index (χ1) is 8.51. The average Bonchev–Trinajstić information content (AvgIpc) is 2.33. The third kappa shape index (κ3) is 2.97. The molecule has 1 amide bonds. The summed E-state index contributed by atoms with van der Waals surface area (Å²) < 4.78 is 0. The van der Waals surface area contributed by atoms with E-state index in [0.29, 0.717) is 12.8 Å². The number of rotatable bonds is 5. The fraction of sp³-hybridized carbons (Fsp3) is 0.417. The van der Waals surface area contributed by atoms with Crippen LogP contribution >= 0.6 is 0 Å². The van der Waals surface area contributed by atoms with Crippen LogP contribution in [0.5, 0.6) is 5.75 Å². The van der Waals surface area contributed by atoms with Gasteiger partial charge in [-0.1, -0.05) is 19.9 Å². The summed E-state index contributed by atoms with van der Waals surface area (Å²) >= 11 is 0. The molecular formula is C12H16N2O4. The number of nitrogens with one attached hydrogen (secondary N) is 1. The fourth-order valence-corrected chi connectivity index (χ4v) is 1.69. The predicted molar refractivity (Wildman–Crippen MR) is 67.5 cm³/mol. The molecule has 0 atom stereocenters. The summed E-state index contributed by atoms with van der Waals surface area (Å²) in [4.78, 5) is 22.0. The minimum absolute atomic E-state index is 0.139. The summed E-state index contributed by atoms with van der Waals surface area (Å²) in [5.41, 5.74) is -0.450. The summed E-state index contributed by atoms with van der Waals surface area (Å²) in [5, 5.41) is 22.8. The first kappa shape index (κ1) is 14.0. The van der Waals surface area contributed by atoms with Crippen LogP contribution in [0.1, 0.15) is 26.7 Å². The van der Waals surface area contributed by atoms with Crippen LogP contribution in [0, 0.1) is 16.0 Å². The van der Waals surface area contributed by atoms with Crippen molar-refractivity contribution in [2.24, 2.45) is 5.92 Å². The Hall–Kier alpha value is -2.11. The van der Waals surface area contributed by atoms with E-state index in [0.717, 1.165) is 0 Å². The van der Waals surface area contributed by atoms with Crippen LogP contribution in [0.25, 0.3) is 0 Å². The van der Waals surface area contributed by atoms with Gasteiger partial charge in [-0.05, 0) is 18.9 Å². The zero-order chi connectivity index (χ0) is 13.7. The normalized spacial score (nSPS) is 10.4. The largest absolute Gasteiger partial charge is 0.505 e. The van der Waals surface area contributed by atoms with Gasteiger partial charge in [-0.15, -0.1) is 0 Å². The van der Waals surface area contributed by atoms with Crippen molar-refractivity contribution in [1.29, 1.82) is 0 Å². The highest BCUT2D eigenvalue weighted by molar-refractivity contribution is 5.96. The van der Waals surface area contributed by atoms with Crippen molar-refractivity contribution in [2.75, 3.05) is 5.32 Å². The van der Waals surface area contributed by atoms with E-state index in [1.807, 2.05) is 13.8 Å². The van der Waals surface area contributed by atoms with Crippen LogP contribution in [0.3, 0.4) is 0 Å². The van der Waals surface area contributed by atoms with Gasteiger partial charge in [-0.25, -0.2) is 0 Å². The molecule has 0 heterocycles. The second-order valence-electron chi connectivity index (χ2n) is 3.93. The van der Waals surface area contributed by atoms with Crippen molar-refractivity contribution in [3.63, 3.8) is 0 Å². The van der Waals surface area contributed by atoms with Gasteiger partial charge in [-0.3, -0.25) is 14.9 Å². The van der Waals surface area contributed by atoms with Crippen LogP contribution in [0.4, 0.5) is 11.4 Å². The van der Waals surface area contributed by atoms with Gasteiger partial charge in [0.25, 0.3) is 5.69 Å². The highest BCUT2D eigenvalue weighted by Gasteiger charge is 2.22. The predicted octanol–water partition coefficient (Wildman–Crippen LogP) is 2.68. The van der Waals surface area contributed by atoms with Crippen molar-refractivity contribution in [1.82, 2.24) is 0 Å². The summed E-state index contributed by atoms with van der Waals surface area (Å²) in [5.74, 6) is -0.836. The third-order valence-corrected chi connectivity index (χ3v) is 2.82. The van der Waals surface area contributed by atoms with Gasteiger partial charge in [-0.2, -0.15) is 0 Å². The maximum absolute atomic E-state index is 11.9. The minimum atomic E-state index is -0.637. The van der Waals surface area contributed by atoms with Crippen molar-refractivity contribution in [2.45, 2.75) is 26.7 Å². The lowest BCUT2D eigenvalue weighted by Gasteiger charge is -2.13. The zero-order valence-corrected chi connectivity index (χ0v) is 10.3. The molecule has 0 aliphatic heterocycles. The molecule has 6 heteroatoms. The van der Waals surface area contributed by atoms with Crippen LogP contribution in [0.2, 0.25) is 0 Å². The van der Waals surface area contributed by atoms with Crippen molar-refractivity contribution >= 4 is 17.3 Å². The smallest absolute Gasteiger partial charge is 0.296 e. The van der Waals surface area contributed by atoms with E-state index in [1.54, 1.807) is 0 Å². The molecule has 0 aromatic heterocycles. The molecule has 2 N–H and O–H groups in total. The van der Waals surface area contributed by atoms with Crippen LogP contribution in [0.15, 0.2) is 18.2 Å². The summed E-state index contributed by atoms with van der Waals surface area (Å²) in [7, 11) is 0. The number of nitro benzene ring substituents is 1. The van der Waals surface area contributed by atoms with E-state index in [9.17, 15) is 20.0 Å². The third-order valence-electron chi connectivity index (χ3n) is 2.82. The van der Waals surface area contributed by atoms with Gasteiger partial charge in [0.05, 0.1) is 4.92 Å². The number of nitro groups is 1. The van der Waals surface area contributed by atoms with Crippen LogP contribution in [-0.2, 0) is 4.79 Å². The lowest BCUT2D eigenvalue weighted by atomic mass is 10.0. The SMILES string of the molecule is CCC(CC)C(=O)Nc1c(O)cccc1[N+](=O)[O-]. The van der Waals surface area contributed by atoms with Crippen molar-refractivity contribution < 1.29 is 14.8 Å². The molecule has 0 saturated carbocycles. The van der Waals surface area contributed by atoms with Gasteiger partial charge >= 0.3 is 0 Å². The molecule has 1 rings (SSSR count). The number of hydrogen-bond acceptors (Lipinski definition) is 4.